The van der Waals surface area contributed by atoms with E-state index in [0.29, 0.717) is 24.5 Å². The van der Waals surface area contributed by atoms with Crippen LogP contribution in [0.15, 0.2) is 53.5 Å². The maximum absolute atomic E-state index is 12.4. The van der Waals surface area contributed by atoms with Crippen molar-refractivity contribution in [1.29, 1.82) is 0 Å². The van der Waals surface area contributed by atoms with Gasteiger partial charge in [-0.15, -0.1) is 5.10 Å². The molecule has 10 nitrogen and oxygen atoms in total. The standard InChI is InChI=1S/C25H32N4O2.C2H2O4/c1-19-8-2-3-9-23(19)31-18-20-16-21-11-12-22(17-20)27(21)13-6-7-15-29-25(30)28-14-5-4-10-24(28)26-29;3-1(4)2(5)6/h2-5,8-10,14,20-22H,6-7,11-13,15-18H2,1H3;(H,3,4)(H,5,6). The van der Waals surface area contributed by atoms with Crippen molar-refractivity contribution in [2.75, 3.05) is 13.2 Å². The molecule has 2 aromatic heterocycles. The third-order valence-electron chi connectivity index (χ3n) is 7.26. The molecule has 2 unspecified atom stereocenters. The number of hydrogen-bond donors (Lipinski definition) is 2. The van der Waals surface area contributed by atoms with Crippen molar-refractivity contribution in [2.24, 2.45) is 5.92 Å². The van der Waals surface area contributed by atoms with Gasteiger partial charge in [-0.2, -0.15) is 0 Å². The van der Waals surface area contributed by atoms with Crippen molar-refractivity contribution in [3.8, 4) is 5.75 Å². The number of carbonyl (C=O) groups is 2. The third kappa shape index (κ3) is 6.56. The zero-order valence-corrected chi connectivity index (χ0v) is 21.0. The molecule has 2 atom stereocenters. The highest BCUT2D eigenvalue weighted by Gasteiger charge is 2.40. The van der Waals surface area contributed by atoms with E-state index in [-0.39, 0.29) is 5.69 Å². The van der Waals surface area contributed by atoms with Crippen molar-refractivity contribution in [3.05, 3.63) is 64.7 Å². The van der Waals surface area contributed by atoms with Crippen LogP contribution in [0, 0.1) is 12.8 Å². The monoisotopic (exact) mass is 510 g/mol. The Labute approximate surface area is 215 Å². The van der Waals surface area contributed by atoms with Crippen LogP contribution in [0.1, 0.15) is 44.1 Å². The Bertz CT molecular complexity index is 1260. The van der Waals surface area contributed by atoms with E-state index in [1.54, 1.807) is 15.3 Å². The van der Waals surface area contributed by atoms with E-state index in [9.17, 15) is 4.79 Å². The Morgan fingerprint density at radius 1 is 0.973 bits per heavy atom. The number of pyridine rings is 1. The number of nitrogens with zero attached hydrogens (tertiary/aromatic N) is 4. The van der Waals surface area contributed by atoms with Gasteiger partial charge in [-0.25, -0.2) is 19.1 Å². The third-order valence-corrected chi connectivity index (χ3v) is 7.26. The van der Waals surface area contributed by atoms with Gasteiger partial charge in [0.2, 0.25) is 0 Å². The lowest BCUT2D eigenvalue weighted by atomic mass is 9.91. The van der Waals surface area contributed by atoms with Gasteiger partial charge in [-0.05, 0) is 81.7 Å². The van der Waals surface area contributed by atoms with Crippen LogP contribution in [0.2, 0.25) is 0 Å². The van der Waals surface area contributed by atoms with Crippen LogP contribution in [0.3, 0.4) is 0 Å². The molecule has 2 aliphatic heterocycles. The summed E-state index contributed by atoms with van der Waals surface area (Å²) in [5.74, 6) is -1.96. The molecule has 198 valence electrons. The van der Waals surface area contributed by atoms with Gasteiger partial charge in [0, 0.05) is 24.8 Å². The van der Waals surface area contributed by atoms with Crippen molar-refractivity contribution in [2.45, 2.75) is 64.1 Å². The van der Waals surface area contributed by atoms with E-state index in [4.69, 9.17) is 24.5 Å². The van der Waals surface area contributed by atoms with Crippen molar-refractivity contribution < 1.29 is 24.5 Å². The van der Waals surface area contributed by atoms with Crippen molar-refractivity contribution >= 4 is 17.6 Å². The number of piperidine rings is 1. The number of rotatable bonds is 8. The number of hydrogen-bond acceptors (Lipinski definition) is 6. The fraction of sp³-hybridized carbons (Fsp3) is 0.481. The topological polar surface area (TPSA) is 126 Å². The molecule has 0 amide bonds. The van der Waals surface area contributed by atoms with Crippen LogP contribution in [-0.2, 0) is 16.1 Å². The average Bonchev–Trinajstić information content (AvgIpc) is 3.32. The van der Waals surface area contributed by atoms with Gasteiger partial charge in [0.1, 0.15) is 5.75 Å². The summed E-state index contributed by atoms with van der Waals surface area (Å²) in [6.45, 7) is 4.77. The normalized spacial score (nSPS) is 20.8. The molecule has 2 saturated heterocycles. The maximum Gasteiger partial charge on any atom is 0.414 e. The minimum atomic E-state index is -1.82. The number of benzene rings is 1. The average molecular weight is 511 g/mol. The minimum absolute atomic E-state index is 0.0369. The first-order valence-corrected chi connectivity index (χ1v) is 12.8. The molecule has 2 fully saturated rings. The number of aromatic nitrogens is 3. The number of unbranched alkanes of at least 4 members (excludes halogenated alkanes) is 1. The summed E-state index contributed by atoms with van der Waals surface area (Å²) in [5.41, 5.74) is 1.90. The lowest BCUT2D eigenvalue weighted by Crippen LogP contribution is -2.44. The van der Waals surface area contributed by atoms with Gasteiger partial charge < -0.3 is 14.9 Å². The number of aliphatic carboxylic acids is 2. The van der Waals surface area contributed by atoms with Gasteiger partial charge >= 0.3 is 17.6 Å². The lowest BCUT2D eigenvalue weighted by molar-refractivity contribution is -0.159. The molecule has 3 aromatic rings. The van der Waals surface area contributed by atoms with Crippen molar-refractivity contribution in [1.82, 2.24) is 19.1 Å². The molecule has 0 aliphatic carbocycles. The Balaban J connectivity index is 0.000000480. The Hall–Kier alpha value is -3.66. The number of carboxylic acids is 2. The quantitative estimate of drug-likeness (QED) is 0.350. The van der Waals surface area contributed by atoms with Gasteiger partial charge in [0.05, 0.1) is 6.61 Å². The summed E-state index contributed by atoms with van der Waals surface area (Å²) < 4.78 is 9.39. The molecule has 0 saturated carbocycles. The first kappa shape index (κ1) is 26.4. The van der Waals surface area contributed by atoms with E-state index in [1.165, 1.54) is 31.2 Å². The second-order valence-electron chi connectivity index (χ2n) is 9.79. The summed E-state index contributed by atoms with van der Waals surface area (Å²) in [6.07, 6.45) is 9.00. The first-order chi connectivity index (χ1) is 17.8. The highest BCUT2D eigenvalue weighted by atomic mass is 16.5. The molecule has 2 N–H and O–H groups in total. The van der Waals surface area contributed by atoms with E-state index >= 15 is 0 Å². The largest absolute Gasteiger partial charge is 0.493 e. The molecule has 2 bridgehead atoms. The zero-order chi connectivity index (χ0) is 26.4. The smallest absolute Gasteiger partial charge is 0.414 e. The van der Waals surface area contributed by atoms with Crippen LogP contribution in [0.4, 0.5) is 0 Å². The van der Waals surface area contributed by atoms with Gasteiger partial charge in [-0.3, -0.25) is 9.30 Å². The van der Waals surface area contributed by atoms with Crippen molar-refractivity contribution in [3.63, 3.8) is 0 Å². The molecule has 1 aromatic carbocycles. The summed E-state index contributed by atoms with van der Waals surface area (Å²) in [7, 11) is 0. The molecular weight excluding hydrogens is 476 g/mol. The van der Waals surface area contributed by atoms with Crippen LogP contribution in [0.25, 0.3) is 5.65 Å². The molecular formula is C27H34N4O6. The second-order valence-corrected chi connectivity index (χ2v) is 9.79. The molecule has 4 heterocycles. The van der Waals surface area contributed by atoms with Gasteiger partial charge in [0.25, 0.3) is 0 Å². The van der Waals surface area contributed by atoms with E-state index < -0.39 is 11.9 Å². The summed E-state index contributed by atoms with van der Waals surface area (Å²) in [6, 6.07) is 15.4. The molecule has 10 heteroatoms. The van der Waals surface area contributed by atoms with Crippen LogP contribution < -0.4 is 10.4 Å². The number of fused-ring (bicyclic) bond motifs is 3. The molecule has 0 spiro atoms. The van der Waals surface area contributed by atoms with E-state index in [0.717, 1.165) is 37.4 Å². The molecule has 2 aliphatic rings. The highest BCUT2D eigenvalue weighted by Crippen LogP contribution is 2.39. The highest BCUT2D eigenvalue weighted by molar-refractivity contribution is 6.27. The van der Waals surface area contributed by atoms with Crippen LogP contribution in [0.5, 0.6) is 5.75 Å². The van der Waals surface area contributed by atoms with Gasteiger partial charge in [0.15, 0.2) is 5.65 Å². The summed E-state index contributed by atoms with van der Waals surface area (Å²) >= 11 is 0. The molecule has 5 rings (SSSR count). The summed E-state index contributed by atoms with van der Waals surface area (Å²) in [4.78, 5) is 33.3. The Morgan fingerprint density at radius 3 is 2.27 bits per heavy atom. The summed E-state index contributed by atoms with van der Waals surface area (Å²) in [5, 5.41) is 19.2. The van der Waals surface area contributed by atoms with Crippen LogP contribution in [-0.4, -0.2) is 66.5 Å². The van der Waals surface area contributed by atoms with Gasteiger partial charge in [-0.1, -0.05) is 24.3 Å². The fourth-order valence-corrected chi connectivity index (χ4v) is 5.48. The maximum atomic E-state index is 12.4. The molecule has 37 heavy (non-hydrogen) atoms. The SMILES string of the molecule is Cc1ccccc1OCC1CC2CCC(C1)N2CCCCn1nc2ccccn2c1=O.O=C(O)C(=O)O. The number of aryl methyl sites for hydroxylation is 2. The minimum Gasteiger partial charge on any atom is -0.493 e. The molecule has 0 radical (unpaired) electrons. The predicted octanol–water partition coefficient (Wildman–Crippen LogP) is 3.06. The predicted molar refractivity (Wildman–Crippen MR) is 137 cm³/mol. The fourth-order valence-electron chi connectivity index (χ4n) is 5.48. The number of para-hydroxylation sites is 1. The Morgan fingerprint density at radius 2 is 1.62 bits per heavy atom. The number of carboxylic acid groups (broad SMARTS) is 2. The van der Waals surface area contributed by atoms with E-state index in [2.05, 4.69) is 41.2 Å². The van der Waals surface area contributed by atoms with Crippen LogP contribution >= 0.6 is 0 Å². The van der Waals surface area contributed by atoms with E-state index in [1.807, 2.05) is 18.2 Å². The zero-order valence-electron chi connectivity index (χ0n) is 21.0. The second kappa shape index (κ2) is 12.1. The lowest BCUT2D eigenvalue weighted by Gasteiger charge is -2.39. The Kier molecular flexibility index (Phi) is 8.60. The number of ether oxygens (including phenoxy) is 1. The first-order valence-electron chi connectivity index (χ1n) is 12.8.